The SMILES string of the molecule is C[C@H](OS(C)(=O)=O)[C@@H](C(N)=O)N(C(=O)OCc1ccccc1)S(=O)(=O)O. The average Bonchev–Trinajstić information content (AvgIpc) is 2.47. The van der Waals surface area contributed by atoms with Crippen molar-refractivity contribution in [3.63, 3.8) is 0 Å². The number of carbonyl (C=O) groups is 2. The van der Waals surface area contributed by atoms with E-state index in [0.29, 0.717) is 11.8 Å². The predicted octanol–water partition coefficient (Wildman–Crippen LogP) is -0.353. The molecule has 0 aromatic heterocycles. The molecule has 2 atom stereocenters. The molecule has 0 unspecified atom stereocenters. The fraction of sp³-hybridized carbons (Fsp3) is 0.385. The van der Waals surface area contributed by atoms with Gasteiger partial charge in [-0.2, -0.15) is 21.1 Å². The lowest BCUT2D eigenvalue weighted by atomic mass is 10.2. The van der Waals surface area contributed by atoms with E-state index in [2.05, 4.69) is 4.18 Å². The third-order valence-electron chi connectivity index (χ3n) is 2.95. The number of rotatable bonds is 8. The Bertz CT molecular complexity index is 853. The highest BCUT2D eigenvalue weighted by atomic mass is 32.2. The van der Waals surface area contributed by atoms with Crippen LogP contribution in [-0.4, -0.2) is 56.1 Å². The topological polar surface area (TPSA) is 170 Å². The lowest BCUT2D eigenvalue weighted by Crippen LogP contribution is -2.56. The molecular weight excluding hydrogens is 392 g/mol. The highest BCUT2D eigenvalue weighted by molar-refractivity contribution is 7.86. The van der Waals surface area contributed by atoms with E-state index in [1.54, 1.807) is 30.3 Å². The van der Waals surface area contributed by atoms with Crippen LogP contribution in [0.25, 0.3) is 0 Å². The fourth-order valence-corrected chi connectivity index (χ4v) is 3.46. The van der Waals surface area contributed by atoms with Gasteiger partial charge in [-0.15, -0.1) is 0 Å². The Morgan fingerprint density at radius 3 is 2.15 bits per heavy atom. The van der Waals surface area contributed by atoms with Crippen LogP contribution in [0, 0.1) is 0 Å². The van der Waals surface area contributed by atoms with Crippen LogP contribution in [0.5, 0.6) is 0 Å². The molecule has 0 aliphatic carbocycles. The molecule has 0 heterocycles. The van der Waals surface area contributed by atoms with E-state index >= 15 is 0 Å². The van der Waals surface area contributed by atoms with Crippen molar-refractivity contribution in [2.75, 3.05) is 6.26 Å². The van der Waals surface area contributed by atoms with Crippen LogP contribution in [0.3, 0.4) is 0 Å². The number of nitrogens with zero attached hydrogens (tertiary/aromatic N) is 1. The highest BCUT2D eigenvalue weighted by Gasteiger charge is 2.43. The Labute approximate surface area is 150 Å². The Morgan fingerprint density at radius 1 is 1.19 bits per heavy atom. The molecule has 0 aliphatic rings. The van der Waals surface area contributed by atoms with Gasteiger partial charge in [-0.3, -0.25) is 13.5 Å². The molecule has 0 spiro atoms. The summed E-state index contributed by atoms with van der Waals surface area (Å²) in [6.45, 7) is 0.609. The number of carbonyl (C=O) groups excluding carboxylic acids is 2. The van der Waals surface area contributed by atoms with Gasteiger partial charge in [0.25, 0.3) is 10.1 Å². The lowest BCUT2D eigenvalue weighted by molar-refractivity contribution is -0.123. The van der Waals surface area contributed by atoms with Crippen molar-refractivity contribution in [1.29, 1.82) is 0 Å². The summed E-state index contributed by atoms with van der Waals surface area (Å²) in [7, 11) is -9.46. The minimum Gasteiger partial charge on any atom is -0.444 e. The van der Waals surface area contributed by atoms with E-state index in [0.717, 1.165) is 6.92 Å². The van der Waals surface area contributed by atoms with Crippen LogP contribution in [0.1, 0.15) is 12.5 Å². The van der Waals surface area contributed by atoms with Crippen molar-refractivity contribution in [3.8, 4) is 0 Å². The summed E-state index contributed by atoms with van der Waals surface area (Å²) < 4.78 is 63.7. The van der Waals surface area contributed by atoms with Gasteiger partial charge >= 0.3 is 16.4 Å². The summed E-state index contributed by atoms with van der Waals surface area (Å²) in [6.07, 6.45) is -2.70. The number of hydrogen-bond donors (Lipinski definition) is 2. The predicted molar refractivity (Wildman–Crippen MR) is 88.4 cm³/mol. The maximum atomic E-state index is 12.1. The van der Waals surface area contributed by atoms with Gasteiger partial charge in [0.05, 0.1) is 6.26 Å². The summed E-state index contributed by atoms with van der Waals surface area (Å²) in [5.41, 5.74) is 5.55. The molecule has 2 amide bonds. The van der Waals surface area contributed by atoms with Crippen molar-refractivity contribution >= 4 is 32.4 Å². The summed E-state index contributed by atoms with van der Waals surface area (Å²) >= 11 is 0. The van der Waals surface area contributed by atoms with E-state index in [9.17, 15) is 31.0 Å². The third-order valence-corrected chi connectivity index (χ3v) is 4.48. The molecule has 3 N–H and O–H groups in total. The molecule has 11 nitrogen and oxygen atoms in total. The zero-order valence-corrected chi connectivity index (χ0v) is 15.4. The molecular formula is C13H18N2O9S2. The first kappa shape index (κ1) is 21.8. The van der Waals surface area contributed by atoms with Gasteiger partial charge in [-0.1, -0.05) is 30.3 Å². The monoisotopic (exact) mass is 410 g/mol. The molecule has 0 aliphatic heterocycles. The van der Waals surface area contributed by atoms with Gasteiger partial charge < -0.3 is 10.5 Å². The van der Waals surface area contributed by atoms with Crippen molar-refractivity contribution in [2.45, 2.75) is 25.7 Å². The minimum atomic E-state index is -5.33. The Morgan fingerprint density at radius 2 is 1.73 bits per heavy atom. The summed E-state index contributed by atoms with van der Waals surface area (Å²) in [6, 6.07) is 5.96. The first-order valence-corrected chi connectivity index (χ1v) is 10.2. The number of hydrogen-bond acceptors (Lipinski definition) is 8. The van der Waals surface area contributed by atoms with E-state index in [1.165, 1.54) is 0 Å². The summed E-state index contributed by atoms with van der Waals surface area (Å²) in [4.78, 5) is 23.7. The molecule has 0 bridgehead atoms. The number of nitrogens with two attached hydrogens (primary N) is 1. The minimum absolute atomic E-state index is 0.367. The van der Waals surface area contributed by atoms with Gasteiger partial charge in [0, 0.05) is 0 Å². The Balaban J connectivity index is 3.12. The third kappa shape index (κ3) is 6.59. The smallest absolute Gasteiger partial charge is 0.426 e. The number of ether oxygens (including phenoxy) is 1. The zero-order valence-electron chi connectivity index (χ0n) is 13.8. The van der Waals surface area contributed by atoms with Gasteiger partial charge in [0.2, 0.25) is 5.91 Å². The molecule has 0 fully saturated rings. The Kier molecular flexibility index (Phi) is 7.08. The van der Waals surface area contributed by atoms with Crippen molar-refractivity contribution < 1.29 is 39.9 Å². The normalized spacial score (nSPS) is 14.3. The summed E-state index contributed by atoms with van der Waals surface area (Å²) in [5.74, 6) is -1.43. The molecule has 1 aromatic carbocycles. The molecule has 1 rings (SSSR count). The highest BCUT2D eigenvalue weighted by Crippen LogP contribution is 2.16. The van der Waals surface area contributed by atoms with Crippen molar-refractivity contribution in [2.24, 2.45) is 5.73 Å². The first-order valence-electron chi connectivity index (χ1n) is 6.98. The fourth-order valence-electron chi connectivity index (χ4n) is 2.00. The van der Waals surface area contributed by atoms with Gasteiger partial charge in [-0.05, 0) is 12.5 Å². The van der Waals surface area contributed by atoms with Crippen molar-refractivity contribution in [1.82, 2.24) is 4.31 Å². The Hall–Kier alpha value is -2.22. The van der Waals surface area contributed by atoms with E-state index in [4.69, 9.17) is 10.5 Å². The molecule has 146 valence electrons. The lowest BCUT2D eigenvalue weighted by Gasteiger charge is -2.29. The number of amides is 2. The van der Waals surface area contributed by atoms with Crippen LogP contribution < -0.4 is 5.73 Å². The molecule has 13 heteroatoms. The second kappa shape index (κ2) is 8.44. The van der Waals surface area contributed by atoms with E-state index in [1.807, 2.05) is 0 Å². The van der Waals surface area contributed by atoms with E-state index in [-0.39, 0.29) is 10.9 Å². The maximum Gasteiger partial charge on any atom is 0.426 e. The molecule has 0 saturated heterocycles. The van der Waals surface area contributed by atoms with Crippen LogP contribution in [-0.2, 0) is 40.7 Å². The molecule has 0 saturated carbocycles. The number of primary amides is 1. The second-order valence-electron chi connectivity index (χ2n) is 5.17. The molecule has 26 heavy (non-hydrogen) atoms. The van der Waals surface area contributed by atoms with Crippen molar-refractivity contribution in [3.05, 3.63) is 35.9 Å². The maximum absolute atomic E-state index is 12.1. The van der Waals surface area contributed by atoms with Crippen LogP contribution >= 0.6 is 0 Å². The average molecular weight is 410 g/mol. The van der Waals surface area contributed by atoms with Crippen LogP contribution in [0.15, 0.2) is 30.3 Å². The first-order chi connectivity index (χ1) is 11.8. The second-order valence-corrected chi connectivity index (χ2v) is 8.06. The number of benzene rings is 1. The van der Waals surface area contributed by atoms with Gasteiger partial charge in [-0.25, -0.2) is 4.79 Å². The summed E-state index contributed by atoms with van der Waals surface area (Å²) in [5, 5.41) is 0. The van der Waals surface area contributed by atoms with Gasteiger partial charge in [0.1, 0.15) is 12.7 Å². The zero-order chi connectivity index (χ0) is 20.1. The quantitative estimate of drug-likeness (QED) is 0.429. The van der Waals surface area contributed by atoms with Crippen LogP contribution in [0.2, 0.25) is 0 Å². The largest absolute Gasteiger partial charge is 0.444 e. The molecule has 0 radical (unpaired) electrons. The van der Waals surface area contributed by atoms with Gasteiger partial charge in [0.15, 0.2) is 6.04 Å². The molecule has 1 aromatic rings. The van der Waals surface area contributed by atoms with E-state index < -0.39 is 44.6 Å². The standard InChI is InChI=1S/C13H18N2O9S2/c1-9(24-25(2,18)19)11(12(14)16)15(26(20,21)22)13(17)23-8-10-6-4-3-5-7-10/h3-7,9,11H,8H2,1-2H3,(H2,14,16)(H,20,21,22)/t9-,11-/m0/s1. The van der Waals surface area contributed by atoms with Crippen LogP contribution in [0.4, 0.5) is 4.79 Å².